The van der Waals surface area contributed by atoms with Crippen LogP contribution in [-0.2, 0) is 0 Å². The molecule has 52 heavy (non-hydrogen) atoms. The molecule has 0 saturated heterocycles. The van der Waals surface area contributed by atoms with Gasteiger partial charge in [-0.05, 0) is 103 Å². The third kappa shape index (κ3) is 5.87. The monoisotopic (exact) mass is 686 g/mol. The Kier molecular flexibility index (Phi) is 8.64. The molecule has 0 atom stereocenters. The van der Waals surface area contributed by atoms with Gasteiger partial charge in [0, 0.05) is 11.3 Å². The zero-order valence-corrected chi connectivity index (χ0v) is 30.0. The molecule has 0 radical (unpaired) electrons. The van der Waals surface area contributed by atoms with Gasteiger partial charge in [-0.2, -0.15) is 0 Å². The summed E-state index contributed by atoms with van der Waals surface area (Å²) in [7, 11) is 0. The van der Waals surface area contributed by atoms with Gasteiger partial charge in [-0.1, -0.05) is 171 Å². The summed E-state index contributed by atoms with van der Waals surface area (Å²) in [6, 6.07) is 63.8. The minimum absolute atomic E-state index is 1.01. The number of benzene rings is 8. The van der Waals surface area contributed by atoms with Crippen LogP contribution >= 0.6 is 11.9 Å². The number of hydrogen-bond donors (Lipinski definition) is 0. The van der Waals surface area contributed by atoms with E-state index in [-0.39, 0.29) is 0 Å². The summed E-state index contributed by atoms with van der Waals surface area (Å²) < 4.78 is 2.32. The molecule has 250 valence electrons. The largest absolute Gasteiger partial charge is 0.265 e. The molecule has 9 rings (SSSR count). The van der Waals surface area contributed by atoms with E-state index in [2.05, 4.69) is 187 Å². The van der Waals surface area contributed by atoms with Crippen LogP contribution in [0.2, 0.25) is 0 Å². The summed E-state index contributed by atoms with van der Waals surface area (Å²) in [5, 5.41) is 5.07. The zero-order valence-electron chi connectivity index (χ0n) is 29.2. The van der Waals surface area contributed by atoms with Gasteiger partial charge in [0.2, 0.25) is 0 Å². The Balaban J connectivity index is 1.14. The van der Waals surface area contributed by atoms with Crippen LogP contribution in [0.5, 0.6) is 0 Å². The minimum atomic E-state index is 1.01. The summed E-state index contributed by atoms with van der Waals surface area (Å²) in [6.45, 7) is 2.24. The number of unbranched alkanes of at least 4 members (excludes halogenated alkanes) is 1. The lowest BCUT2D eigenvalue weighted by Crippen LogP contribution is -1.93. The zero-order chi connectivity index (χ0) is 34.9. The van der Waals surface area contributed by atoms with Crippen LogP contribution in [0.25, 0.3) is 88.5 Å². The SMILES string of the molecule is CCCCSn1c(-c2ccccc2)nc2cc(-c3ccc(-c4ccc5c(-c6ccccc6)c6ccccc6c(-c6ccccc6)c5c4)cc3)ccc21. The third-order valence-corrected chi connectivity index (χ3v) is 11.2. The van der Waals surface area contributed by atoms with Crippen LogP contribution in [0.4, 0.5) is 0 Å². The summed E-state index contributed by atoms with van der Waals surface area (Å²) in [5.74, 6) is 2.08. The molecule has 0 spiro atoms. The highest BCUT2D eigenvalue weighted by atomic mass is 32.2. The van der Waals surface area contributed by atoms with Gasteiger partial charge in [0.05, 0.1) is 11.0 Å². The average molecular weight is 687 g/mol. The maximum absolute atomic E-state index is 5.17. The van der Waals surface area contributed by atoms with E-state index in [9.17, 15) is 0 Å². The van der Waals surface area contributed by atoms with Crippen molar-refractivity contribution in [2.75, 3.05) is 5.75 Å². The fraction of sp³-hybridized carbons (Fsp3) is 0.0816. The van der Waals surface area contributed by atoms with Gasteiger partial charge in [-0.15, -0.1) is 0 Å². The summed E-state index contributed by atoms with van der Waals surface area (Å²) in [6.07, 6.45) is 2.36. The molecule has 8 aromatic carbocycles. The van der Waals surface area contributed by atoms with Gasteiger partial charge in [0.25, 0.3) is 0 Å². The molecule has 0 amide bonds. The molecule has 2 nitrogen and oxygen atoms in total. The Morgan fingerprint density at radius 1 is 0.442 bits per heavy atom. The second-order valence-electron chi connectivity index (χ2n) is 13.4. The highest BCUT2D eigenvalue weighted by Crippen LogP contribution is 2.45. The predicted octanol–water partition coefficient (Wildman–Crippen LogP) is 14.0. The third-order valence-electron chi connectivity index (χ3n) is 10.1. The number of nitrogens with zero attached hydrogens (tertiary/aromatic N) is 2. The molecule has 0 unspecified atom stereocenters. The van der Waals surface area contributed by atoms with Gasteiger partial charge < -0.3 is 0 Å². The van der Waals surface area contributed by atoms with Crippen LogP contribution in [0.1, 0.15) is 19.8 Å². The van der Waals surface area contributed by atoms with E-state index in [0.29, 0.717) is 0 Å². The van der Waals surface area contributed by atoms with E-state index in [1.165, 1.54) is 78.9 Å². The fourth-order valence-electron chi connectivity index (χ4n) is 7.48. The molecule has 0 N–H and O–H groups in total. The van der Waals surface area contributed by atoms with Crippen molar-refractivity contribution in [1.29, 1.82) is 0 Å². The Morgan fingerprint density at radius 3 is 1.52 bits per heavy atom. The average Bonchev–Trinajstić information content (AvgIpc) is 3.58. The lowest BCUT2D eigenvalue weighted by Gasteiger charge is -2.18. The maximum atomic E-state index is 5.17. The number of hydrogen-bond acceptors (Lipinski definition) is 2. The van der Waals surface area contributed by atoms with Gasteiger partial charge >= 0.3 is 0 Å². The maximum Gasteiger partial charge on any atom is 0.151 e. The Bertz CT molecular complexity index is 2660. The van der Waals surface area contributed by atoms with Crippen LogP contribution in [-0.4, -0.2) is 14.7 Å². The smallest absolute Gasteiger partial charge is 0.151 e. The Labute approximate surface area is 309 Å². The quantitative estimate of drug-likeness (QED) is 0.111. The van der Waals surface area contributed by atoms with Gasteiger partial charge in [-0.3, -0.25) is 3.97 Å². The summed E-state index contributed by atoms with van der Waals surface area (Å²) in [4.78, 5) is 5.17. The van der Waals surface area contributed by atoms with Gasteiger partial charge in [-0.25, -0.2) is 4.98 Å². The van der Waals surface area contributed by atoms with Gasteiger partial charge in [0.1, 0.15) is 0 Å². The van der Waals surface area contributed by atoms with E-state index >= 15 is 0 Å². The van der Waals surface area contributed by atoms with Crippen molar-refractivity contribution in [2.24, 2.45) is 0 Å². The van der Waals surface area contributed by atoms with Crippen LogP contribution in [0, 0.1) is 0 Å². The molecule has 1 aromatic heterocycles. The molecule has 9 aromatic rings. The van der Waals surface area contributed by atoms with Crippen LogP contribution < -0.4 is 0 Å². The van der Waals surface area contributed by atoms with Crippen molar-refractivity contribution < 1.29 is 0 Å². The first-order valence-electron chi connectivity index (χ1n) is 18.2. The fourth-order valence-corrected chi connectivity index (χ4v) is 8.64. The van der Waals surface area contributed by atoms with E-state index in [1.54, 1.807) is 0 Å². The number of aromatic nitrogens is 2. The van der Waals surface area contributed by atoms with Crippen molar-refractivity contribution in [3.8, 4) is 55.9 Å². The first kappa shape index (κ1) is 32.0. The topological polar surface area (TPSA) is 17.8 Å². The number of fused-ring (bicyclic) bond motifs is 3. The highest BCUT2D eigenvalue weighted by Gasteiger charge is 2.18. The molecule has 1 heterocycles. The normalized spacial score (nSPS) is 11.5. The molecule has 0 bridgehead atoms. The standard InChI is InChI=1S/C49H38N2S/c1-2-3-31-52-51-46-30-28-40(33-45(46)50-49(51)38-19-11-6-12-20-38)35-25-23-34(24-26-35)39-27-29-43-44(32-39)48(37-17-9-5-10-18-37)42-22-14-13-21-41(42)47(43)36-15-7-4-8-16-36/h4-30,32-33H,2-3,31H2,1H3. The molecular weight excluding hydrogens is 649 g/mol. The molecule has 0 fully saturated rings. The second kappa shape index (κ2) is 14.0. The number of imidazole rings is 1. The molecule has 0 aliphatic rings. The van der Waals surface area contributed by atoms with Crippen molar-refractivity contribution in [3.63, 3.8) is 0 Å². The van der Waals surface area contributed by atoms with Crippen molar-refractivity contribution in [1.82, 2.24) is 8.96 Å². The first-order chi connectivity index (χ1) is 25.8. The van der Waals surface area contributed by atoms with Crippen LogP contribution in [0.3, 0.4) is 0 Å². The van der Waals surface area contributed by atoms with Gasteiger partial charge in [0.15, 0.2) is 5.82 Å². The molecule has 0 saturated carbocycles. The summed E-state index contributed by atoms with van der Waals surface area (Å²) in [5.41, 5.74) is 13.1. The predicted molar refractivity (Wildman–Crippen MR) is 225 cm³/mol. The Hall–Kier alpha value is -5.90. The van der Waals surface area contributed by atoms with Crippen LogP contribution in [0.15, 0.2) is 176 Å². The highest BCUT2D eigenvalue weighted by molar-refractivity contribution is 7.98. The first-order valence-corrected chi connectivity index (χ1v) is 19.1. The molecule has 3 heteroatoms. The van der Waals surface area contributed by atoms with E-state index in [0.717, 1.165) is 28.2 Å². The number of rotatable bonds is 9. The lowest BCUT2D eigenvalue weighted by atomic mass is 9.85. The molecule has 0 aliphatic carbocycles. The van der Waals surface area contributed by atoms with Crippen molar-refractivity contribution >= 4 is 44.5 Å². The van der Waals surface area contributed by atoms with E-state index < -0.39 is 0 Å². The Morgan fingerprint density at radius 2 is 0.923 bits per heavy atom. The van der Waals surface area contributed by atoms with E-state index in [1.807, 2.05) is 11.9 Å². The molecule has 0 aliphatic heterocycles. The lowest BCUT2D eigenvalue weighted by molar-refractivity contribution is 0.894. The molecular formula is C49H38N2S. The van der Waals surface area contributed by atoms with Crippen molar-refractivity contribution in [2.45, 2.75) is 19.8 Å². The van der Waals surface area contributed by atoms with E-state index in [4.69, 9.17) is 4.98 Å². The minimum Gasteiger partial charge on any atom is -0.265 e. The summed E-state index contributed by atoms with van der Waals surface area (Å²) >= 11 is 1.86. The second-order valence-corrected chi connectivity index (χ2v) is 14.4. The van der Waals surface area contributed by atoms with Crippen molar-refractivity contribution in [3.05, 3.63) is 176 Å².